The van der Waals surface area contributed by atoms with E-state index in [1.54, 1.807) is 24.3 Å². The van der Waals surface area contributed by atoms with Crippen LogP contribution in [-0.4, -0.2) is 45.3 Å². The van der Waals surface area contributed by atoms with Crippen LogP contribution in [0.15, 0.2) is 48.5 Å². The van der Waals surface area contributed by atoms with Crippen molar-refractivity contribution in [1.29, 1.82) is 0 Å². The van der Waals surface area contributed by atoms with E-state index in [0.29, 0.717) is 5.56 Å². The maximum Gasteiger partial charge on any atom is 0.335 e. The number of benzene rings is 2. The number of ether oxygens (including phenoxy) is 1. The predicted molar refractivity (Wildman–Crippen MR) is 110 cm³/mol. The van der Waals surface area contributed by atoms with E-state index >= 15 is 0 Å². The van der Waals surface area contributed by atoms with E-state index in [1.807, 2.05) is 31.2 Å². The Morgan fingerprint density at radius 3 is 2.55 bits per heavy atom. The maximum atomic E-state index is 11.0. The molecule has 6 nitrogen and oxygen atoms in total. The summed E-state index contributed by atoms with van der Waals surface area (Å²) in [6.07, 6.45) is 1.94. The third-order valence-electron chi connectivity index (χ3n) is 5.32. The smallest absolute Gasteiger partial charge is 0.335 e. The molecule has 0 unspecified atom stereocenters. The standard InChI is InChI=1S/C23H24N2O4/c1-15-12-22(20-13-18(26)6-7-21(20)24-15)29-19-8-10-25(11-9-19)14-16-2-4-17(5-3-16)23(27)28/h2-7,12-13,19,26H,8-11,14H2,1H3,(H,27,28). The highest BCUT2D eigenvalue weighted by atomic mass is 16.5. The van der Waals surface area contributed by atoms with E-state index in [1.165, 1.54) is 0 Å². The largest absolute Gasteiger partial charge is 0.508 e. The van der Waals surface area contributed by atoms with E-state index < -0.39 is 5.97 Å². The summed E-state index contributed by atoms with van der Waals surface area (Å²) in [7, 11) is 0. The zero-order valence-electron chi connectivity index (χ0n) is 16.3. The molecule has 2 aromatic carbocycles. The summed E-state index contributed by atoms with van der Waals surface area (Å²) in [4.78, 5) is 17.8. The molecule has 4 rings (SSSR count). The Balaban J connectivity index is 1.38. The van der Waals surface area contributed by atoms with Gasteiger partial charge in [0, 0.05) is 36.8 Å². The molecule has 0 radical (unpaired) electrons. The first-order valence-corrected chi connectivity index (χ1v) is 9.79. The number of likely N-dealkylation sites (tertiary alicyclic amines) is 1. The van der Waals surface area contributed by atoms with Gasteiger partial charge in [0.1, 0.15) is 17.6 Å². The van der Waals surface area contributed by atoms with Crippen LogP contribution in [0.1, 0.15) is 34.5 Å². The fraction of sp³-hybridized carbons (Fsp3) is 0.304. The number of carbonyl (C=O) groups is 1. The second kappa shape index (κ2) is 8.09. The van der Waals surface area contributed by atoms with Gasteiger partial charge in [0.25, 0.3) is 0 Å². The Kier molecular flexibility index (Phi) is 5.36. The second-order valence-corrected chi connectivity index (χ2v) is 7.56. The Hall–Kier alpha value is -3.12. The number of fused-ring (bicyclic) bond motifs is 1. The Bertz CT molecular complexity index is 1020. The number of nitrogens with zero attached hydrogens (tertiary/aromatic N) is 2. The highest BCUT2D eigenvalue weighted by Crippen LogP contribution is 2.30. The molecule has 29 heavy (non-hydrogen) atoms. The lowest BCUT2D eigenvalue weighted by Crippen LogP contribution is -2.37. The molecular weight excluding hydrogens is 368 g/mol. The van der Waals surface area contributed by atoms with Gasteiger partial charge in [-0.2, -0.15) is 0 Å². The van der Waals surface area contributed by atoms with E-state index in [2.05, 4.69) is 9.88 Å². The molecule has 0 bridgehead atoms. The van der Waals surface area contributed by atoms with Crippen LogP contribution in [-0.2, 0) is 6.54 Å². The number of carboxylic acid groups (broad SMARTS) is 1. The number of pyridine rings is 1. The molecule has 1 aliphatic rings. The lowest BCUT2D eigenvalue weighted by Gasteiger charge is -2.32. The van der Waals surface area contributed by atoms with Gasteiger partial charge in [-0.25, -0.2) is 4.79 Å². The number of aromatic carboxylic acids is 1. The molecule has 1 fully saturated rings. The maximum absolute atomic E-state index is 11.0. The first-order valence-electron chi connectivity index (χ1n) is 9.79. The van der Waals surface area contributed by atoms with Crippen molar-refractivity contribution in [3.05, 3.63) is 65.4 Å². The van der Waals surface area contributed by atoms with Gasteiger partial charge in [-0.1, -0.05) is 12.1 Å². The van der Waals surface area contributed by atoms with Gasteiger partial charge < -0.3 is 14.9 Å². The van der Waals surface area contributed by atoms with Crippen LogP contribution >= 0.6 is 0 Å². The fourth-order valence-corrected chi connectivity index (χ4v) is 3.78. The average molecular weight is 392 g/mol. The zero-order chi connectivity index (χ0) is 20.4. The number of rotatable bonds is 5. The lowest BCUT2D eigenvalue weighted by atomic mass is 10.1. The van der Waals surface area contributed by atoms with Crippen molar-refractivity contribution in [2.45, 2.75) is 32.4 Å². The van der Waals surface area contributed by atoms with Gasteiger partial charge in [-0.05, 0) is 55.7 Å². The zero-order valence-corrected chi connectivity index (χ0v) is 16.3. The van der Waals surface area contributed by atoms with E-state index in [9.17, 15) is 9.90 Å². The van der Waals surface area contributed by atoms with E-state index in [-0.39, 0.29) is 11.9 Å². The number of piperidine rings is 1. The Morgan fingerprint density at radius 2 is 1.86 bits per heavy atom. The molecule has 1 aliphatic heterocycles. The summed E-state index contributed by atoms with van der Waals surface area (Å²) in [5, 5.41) is 19.7. The summed E-state index contributed by atoms with van der Waals surface area (Å²) < 4.78 is 6.30. The predicted octanol–water partition coefficient (Wildman–Crippen LogP) is 3.99. The molecule has 2 N–H and O–H groups in total. The molecule has 150 valence electrons. The third kappa shape index (κ3) is 4.49. The van der Waals surface area contributed by atoms with Gasteiger partial charge >= 0.3 is 5.97 Å². The highest BCUT2D eigenvalue weighted by molar-refractivity contribution is 5.87. The lowest BCUT2D eigenvalue weighted by molar-refractivity contribution is 0.0696. The fourth-order valence-electron chi connectivity index (χ4n) is 3.78. The molecular formula is C23H24N2O4. The van der Waals surface area contributed by atoms with Crippen LogP contribution in [0.5, 0.6) is 11.5 Å². The number of hydrogen-bond donors (Lipinski definition) is 2. The Morgan fingerprint density at radius 1 is 1.14 bits per heavy atom. The summed E-state index contributed by atoms with van der Waals surface area (Å²) in [6, 6.07) is 14.1. The SMILES string of the molecule is Cc1cc(OC2CCN(Cc3ccc(C(=O)O)cc3)CC2)c2cc(O)ccc2n1. The first kappa shape index (κ1) is 19.2. The summed E-state index contributed by atoms with van der Waals surface area (Å²) in [5.41, 5.74) is 3.13. The van der Waals surface area contributed by atoms with Crippen molar-refractivity contribution in [2.75, 3.05) is 13.1 Å². The number of hydrogen-bond acceptors (Lipinski definition) is 5. The molecule has 0 aliphatic carbocycles. The van der Waals surface area contributed by atoms with Crippen LogP contribution in [0, 0.1) is 6.92 Å². The molecule has 0 amide bonds. The quantitative estimate of drug-likeness (QED) is 0.683. The minimum absolute atomic E-state index is 0.119. The molecule has 1 saturated heterocycles. The minimum Gasteiger partial charge on any atom is -0.508 e. The number of phenols is 1. The van der Waals surface area contributed by atoms with Crippen molar-refractivity contribution < 1.29 is 19.7 Å². The highest BCUT2D eigenvalue weighted by Gasteiger charge is 2.22. The van der Waals surface area contributed by atoms with Crippen LogP contribution in [0.25, 0.3) is 10.9 Å². The van der Waals surface area contributed by atoms with Crippen LogP contribution in [0.4, 0.5) is 0 Å². The van der Waals surface area contributed by atoms with Crippen molar-refractivity contribution in [3.8, 4) is 11.5 Å². The first-order chi connectivity index (χ1) is 14.0. The molecule has 0 saturated carbocycles. The molecule has 2 heterocycles. The number of carboxylic acids is 1. The van der Waals surface area contributed by atoms with Gasteiger partial charge in [-0.15, -0.1) is 0 Å². The van der Waals surface area contributed by atoms with Gasteiger partial charge in [0.15, 0.2) is 0 Å². The van der Waals surface area contributed by atoms with Crippen molar-refractivity contribution in [3.63, 3.8) is 0 Å². The molecule has 0 atom stereocenters. The van der Waals surface area contributed by atoms with Crippen molar-refractivity contribution in [1.82, 2.24) is 9.88 Å². The summed E-state index contributed by atoms with van der Waals surface area (Å²) in [5.74, 6) is 0.0737. The molecule has 1 aromatic heterocycles. The molecule has 6 heteroatoms. The third-order valence-corrected chi connectivity index (χ3v) is 5.32. The summed E-state index contributed by atoms with van der Waals surface area (Å²) >= 11 is 0. The van der Waals surface area contributed by atoms with Crippen molar-refractivity contribution >= 4 is 16.9 Å². The number of aromatic hydroxyl groups is 1. The number of aryl methyl sites for hydroxylation is 1. The number of phenolic OH excluding ortho intramolecular Hbond substituents is 1. The van der Waals surface area contributed by atoms with Crippen molar-refractivity contribution in [2.24, 2.45) is 0 Å². The summed E-state index contributed by atoms with van der Waals surface area (Å²) in [6.45, 7) is 4.58. The number of aromatic nitrogens is 1. The second-order valence-electron chi connectivity index (χ2n) is 7.56. The van der Waals surface area contributed by atoms with E-state index in [4.69, 9.17) is 9.84 Å². The minimum atomic E-state index is -0.901. The normalized spacial score (nSPS) is 15.5. The topological polar surface area (TPSA) is 82.9 Å². The molecule has 0 spiro atoms. The Labute approximate surface area is 169 Å². The van der Waals surface area contributed by atoms with Gasteiger partial charge in [0.2, 0.25) is 0 Å². The van der Waals surface area contributed by atoms with Crippen LogP contribution in [0.2, 0.25) is 0 Å². The monoisotopic (exact) mass is 392 g/mol. The molecule has 3 aromatic rings. The average Bonchev–Trinajstić information content (AvgIpc) is 2.70. The van der Waals surface area contributed by atoms with Gasteiger partial charge in [0.05, 0.1) is 11.1 Å². The van der Waals surface area contributed by atoms with Gasteiger partial charge in [-0.3, -0.25) is 9.88 Å². The van der Waals surface area contributed by atoms with Crippen LogP contribution in [0.3, 0.4) is 0 Å². The van der Waals surface area contributed by atoms with E-state index in [0.717, 1.165) is 60.4 Å². The van der Waals surface area contributed by atoms with Crippen LogP contribution < -0.4 is 4.74 Å².